The molecule has 0 atom stereocenters. The second-order valence-corrected chi connectivity index (χ2v) is 6.05. The van der Waals surface area contributed by atoms with Gasteiger partial charge in [0, 0.05) is 10.7 Å². The molecular formula is C16H14Cl2N4O2S. The zero-order chi connectivity index (χ0) is 18.2. The first-order valence-electron chi connectivity index (χ1n) is 7.10. The normalized spacial score (nSPS) is 9.84. The number of hydrazine groups is 1. The lowest BCUT2D eigenvalue weighted by molar-refractivity contribution is -0.120. The summed E-state index contributed by atoms with van der Waals surface area (Å²) in [5.41, 5.74) is 5.91. The predicted octanol–water partition coefficient (Wildman–Crippen LogP) is 2.74. The van der Waals surface area contributed by atoms with Crippen molar-refractivity contribution in [2.45, 2.75) is 0 Å². The highest BCUT2D eigenvalue weighted by molar-refractivity contribution is 7.80. The van der Waals surface area contributed by atoms with Gasteiger partial charge in [0.1, 0.15) is 0 Å². The van der Waals surface area contributed by atoms with Gasteiger partial charge < -0.3 is 10.6 Å². The van der Waals surface area contributed by atoms with Gasteiger partial charge in [-0.25, -0.2) is 0 Å². The third-order valence-corrected chi connectivity index (χ3v) is 3.73. The first kappa shape index (κ1) is 19.0. The molecule has 0 unspecified atom stereocenters. The molecule has 0 heterocycles. The van der Waals surface area contributed by atoms with E-state index in [0.717, 1.165) is 0 Å². The minimum absolute atomic E-state index is 0.188. The van der Waals surface area contributed by atoms with E-state index in [0.29, 0.717) is 21.3 Å². The number of thiocarbonyl (C=S) groups is 1. The van der Waals surface area contributed by atoms with E-state index >= 15 is 0 Å². The molecule has 130 valence electrons. The quantitative estimate of drug-likeness (QED) is 0.471. The zero-order valence-corrected chi connectivity index (χ0v) is 15.1. The van der Waals surface area contributed by atoms with Gasteiger partial charge in [-0.2, -0.15) is 0 Å². The molecule has 0 aliphatic carbocycles. The van der Waals surface area contributed by atoms with Crippen molar-refractivity contribution < 1.29 is 9.59 Å². The summed E-state index contributed by atoms with van der Waals surface area (Å²) < 4.78 is 0. The maximum atomic E-state index is 11.9. The Labute approximate surface area is 159 Å². The molecular weight excluding hydrogens is 383 g/mol. The highest BCUT2D eigenvalue weighted by atomic mass is 35.5. The van der Waals surface area contributed by atoms with Crippen molar-refractivity contribution in [3.63, 3.8) is 0 Å². The molecule has 2 aromatic carbocycles. The van der Waals surface area contributed by atoms with Crippen LogP contribution in [0.2, 0.25) is 10.0 Å². The van der Waals surface area contributed by atoms with Gasteiger partial charge in [-0.1, -0.05) is 35.3 Å². The van der Waals surface area contributed by atoms with Crippen LogP contribution in [0.1, 0.15) is 10.4 Å². The van der Waals surface area contributed by atoms with E-state index in [9.17, 15) is 9.59 Å². The van der Waals surface area contributed by atoms with Crippen LogP contribution in [0.5, 0.6) is 0 Å². The van der Waals surface area contributed by atoms with E-state index in [1.165, 1.54) is 0 Å². The van der Waals surface area contributed by atoms with Crippen LogP contribution in [0, 0.1) is 0 Å². The number of nitrogens with one attached hydrogen (secondary N) is 4. The van der Waals surface area contributed by atoms with E-state index in [1.54, 1.807) is 48.5 Å². The SMILES string of the molecule is O=C(CNC(=O)c1ccccc1Cl)NNC(=S)Nc1ccc(Cl)cc1. The maximum Gasteiger partial charge on any atom is 0.257 e. The Morgan fingerprint density at radius 3 is 2.32 bits per heavy atom. The summed E-state index contributed by atoms with van der Waals surface area (Å²) in [5, 5.41) is 6.43. The Morgan fingerprint density at radius 2 is 1.64 bits per heavy atom. The van der Waals surface area contributed by atoms with Crippen molar-refractivity contribution in [1.29, 1.82) is 0 Å². The minimum atomic E-state index is -0.472. The molecule has 0 spiro atoms. The highest BCUT2D eigenvalue weighted by Gasteiger charge is 2.11. The van der Waals surface area contributed by atoms with Crippen molar-refractivity contribution in [3.8, 4) is 0 Å². The summed E-state index contributed by atoms with van der Waals surface area (Å²) in [6.07, 6.45) is 0. The van der Waals surface area contributed by atoms with Gasteiger partial charge in [0.05, 0.1) is 17.1 Å². The Bertz CT molecular complexity index is 784. The molecule has 0 saturated heterocycles. The van der Waals surface area contributed by atoms with Crippen molar-refractivity contribution in [1.82, 2.24) is 16.2 Å². The zero-order valence-electron chi connectivity index (χ0n) is 12.8. The first-order chi connectivity index (χ1) is 12.0. The molecule has 4 N–H and O–H groups in total. The lowest BCUT2D eigenvalue weighted by atomic mass is 10.2. The molecule has 0 bridgehead atoms. The van der Waals surface area contributed by atoms with Gasteiger partial charge in [0.2, 0.25) is 0 Å². The summed E-state index contributed by atoms with van der Waals surface area (Å²) in [4.78, 5) is 23.7. The average Bonchev–Trinajstić information content (AvgIpc) is 2.60. The van der Waals surface area contributed by atoms with Gasteiger partial charge in [-0.3, -0.25) is 20.4 Å². The monoisotopic (exact) mass is 396 g/mol. The Balaban J connectivity index is 1.73. The Hall–Kier alpha value is -2.35. The number of rotatable bonds is 4. The number of hydrogen-bond donors (Lipinski definition) is 4. The Kier molecular flexibility index (Phi) is 7.00. The first-order valence-corrected chi connectivity index (χ1v) is 8.26. The summed E-state index contributed by atoms with van der Waals surface area (Å²) in [5.74, 6) is -0.914. The lowest BCUT2D eigenvalue weighted by Gasteiger charge is -2.12. The van der Waals surface area contributed by atoms with Crippen molar-refractivity contribution in [2.24, 2.45) is 0 Å². The van der Waals surface area contributed by atoms with E-state index in [4.69, 9.17) is 35.4 Å². The Morgan fingerprint density at radius 1 is 0.960 bits per heavy atom. The van der Waals surface area contributed by atoms with Gasteiger partial charge >= 0.3 is 0 Å². The molecule has 9 heteroatoms. The van der Waals surface area contributed by atoms with Crippen LogP contribution in [0.3, 0.4) is 0 Å². The standard InChI is InChI=1S/C16H14Cl2N4O2S/c17-10-5-7-11(8-6-10)20-16(25)22-21-14(23)9-19-15(24)12-3-1-2-4-13(12)18/h1-8H,9H2,(H,19,24)(H,21,23)(H2,20,22,25). The van der Waals surface area contributed by atoms with Crippen LogP contribution in [0.15, 0.2) is 48.5 Å². The molecule has 0 fully saturated rings. The molecule has 0 aliphatic heterocycles. The average molecular weight is 397 g/mol. The van der Waals surface area contributed by atoms with Crippen LogP contribution in [0.25, 0.3) is 0 Å². The topological polar surface area (TPSA) is 82.3 Å². The molecule has 25 heavy (non-hydrogen) atoms. The molecule has 2 rings (SSSR count). The minimum Gasteiger partial charge on any atom is -0.343 e. The number of amides is 2. The molecule has 0 saturated carbocycles. The number of carbonyl (C=O) groups is 2. The van der Waals surface area contributed by atoms with Crippen molar-refractivity contribution >= 4 is 58.0 Å². The largest absolute Gasteiger partial charge is 0.343 e. The number of hydrogen-bond acceptors (Lipinski definition) is 3. The lowest BCUT2D eigenvalue weighted by Crippen LogP contribution is -2.47. The molecule has 6 nitrogen and oxygen atoms in total. The van der Waals surface area contributed by atoms with Crippen LogP contribution in [-0.4, -0.2) is 23.5 Å². The molecule has 2 amide bonds. The van der Waals surface area contributed by atoms with Gasteiger partial charge in [-0.05, 0) is 48.6 Å². The number of benzene rings is 2. The third-order valence-electron chi connectivity index (χ3n) is 2.95. The van der Waals surface area contributed by atoms with Gasteiger partial charge in [0.25, 0.3) is 11.8 Å². The molecule has 0 aromatic heterocycles. The van der Waals surface area contributed by atoms with E-state index in [-0.39, 0.29) is 11.7 Å². The summed E-state index contributed by atoms with van der Waals surface area (Å²) in [6, 6.07) is 13.4. The maximum absolute atomic E-state index is 11.9. The number of carbonyl (C=O) groups excluding carboxylic acids is 2. The second kappa shape index (κ2) is 9.22. The summed E-state index contributed by atoms with van der Waals surface area (Å²) in [7, 11) is 0. The van der Waals surface area contributed by atoms with Gasteiger partial charge in [-0.15, -0.1) is 0 Å². The fourth-order valence-electron chi connectivity index (χ4n) is 1.77. The fraction of sp³-hybridized carbons (Fsp3) is 0.0625. The smallest absolute Gasteiger partial charge is 0.257 e. The van der Waals surface area contributed by atoms with Crippen LogP contribution in [-0.2, 0) is 4.79 Å². The van der Waals surface area contributed by atoms with E-state index < -0.39 is 11.8 Å². The van der Waals surface area contributed by atoms with Crippen molar-refractivity contribution in [2.75, 3.05) is 11.9 Å². The van der Waals surface area contributed by atoms with Crippen LogP contribution >= 0.6 is 35.4 Å². The summed E-state index contributed by atoms with van der Waals surface area (Å²) in [6.45, 7) is -0.236. The number of anilines is 1. The molecule has 0 aliphatic rings. The van der Waals surface area contributed by atoms with Crippen molar-refractivity contribution in [3.05, 3.63) is 64.1 Å². The van der Waals surface area contributed by atoms with Gasteiger partial charge in [0.15, 0.2) is 5.11 Å². The van der Waals surface area contributed by atoms with E-state index in [1.807, 2.05) is 0 Å². The summed E-state index contributed by atoms with van der Waals surface area (Å²) >= 11 is 16.7. The second-order valence-electron chi connectivity index (χ2n) is 4.80. The van der Waals surface area contributed by atoms with Crippen LogP contribution in [0.4, 0.5) is 5.69 Å². The predicted molar refractivity (Wildman–Crippen MR) is 103 cm³/mol. The third kappa shape index (κ3) is 6.22. The highest BCUT2D eigenvalue weighted by Crippen LogP contribution is 2.14. The number of halogens is 2. The molecule has 2 aromatic rings. The fourth-order valence-corrected chi connectivity index (χ4v) is 2.28. The van der Waals surface area contributed by atoms with Crippen LogP contribution < -0.4 is 21.5 Å². The van der Waals surface area contributed by atoms with E-state index in [2.05, 4.69) is 21.5 Å². The molecule has 0 radical (unpaired) electrons.